The first-order chi connectivity index (χ1) is 18.0. The summed E-state index contributed by atoms with van der Waals surface area (Å²) in [5.74, 6) is -6.97. The van der Waals surface area contributed by atoms with Crippen molar-refractivity contribution >= 4 is 40.2 Å². The number of piperidine rings is 1. The lowest BCUT2D eigenvalue weighted by molar-refractivity contribution is -0.129. The Bertz CT molecular complexity index is 1360. The Balaban J connectivity index is 1.41. The third-order valence-corrected chi connectivity index (χ3v) is 8.50. The second-order valence-corrected chi connectivity index (χ2v) is 11.0. The smallest absolute Gasteiger partial charge is 0.271 e. The molecule has 0 spiro atoms. The number of aromatic amines is 1. The number of rotatable bonds is 5. The van der Waals surface area contributed by atoms with Crippen molar-refractivity contribution in [3.05, 3.63) is 34.2 Å². The molecule has 3 fully saturated rings. The molecule has 5 atom stereocenters. The Kier molecular flexibility index (Phi) is 6.80. The number of nitriles is 1. The van der Waals surface area contributed by atoms with Gasteiger partial charge in [-0.1, -0.05) is 11.6 Å². The van der Waals surface area contributed by atoms with Gasteiger partial charge in [0.15, 0.2) is 0 Å². The molecule has 1 saturated carbocycles. The average Bonchev–Trinajstić information content (AvgIpc) is 3.53. The van der Waals surface area contributed by atoms with E-state index < -0.39 is 66.2 Å². The molecule has 2 aromatic rings. The van der Waals surface area contributed by atoms with Crippen molar-refractivity contribution in [3.63, 3.8) is 0 Å². The van der Waals surface area contributed by atoms with Crippen molar-refractivity contribution in [3.8, 4) is 6.07 Å². The molecule has 3 amide bonds. The fourth-order valence-electron chi connectivity index (χ4n) is 6.20. The van der Waals surface area contributed by atoms with Gasteiger partial charge in [0, 0.05) is 37.2 Å². The molecule has 1 aromatic heterocycles. The van der Waals surface area contributed by atoms with Crippen molar-refractivity contribution in [1.29, 1.82) is 5.26 Å². The SMILES string of the molecule is Cc1cc(F)c2cc(C(=O)N3C[C@@H]4CC(F)(F)C[C@@H]4[C@@H]3C(=O)N[C@@H](C#N)C[C@H]3CCCNC3=O)[nH]c2c1Cl. The van der Waals surface area contributed by atoms with Crippen LogP contribution in [0, 0.1) is 41.8 Å². The number of carbonyl (C=O) groups excluding carboxylic acids is 3. The standard InChI is InChI=1S/C26H27ClF3N5O3/c1-12-5-18(28)16-7-19(34-21(16)20(12)27)25(38)35-11-14-8-26(29,30)9-17(14)22(35)24(37)33-15(10-31)6-13-3-2-4-32-23(13)36/h5,7,13-15,17,22,34H,2-4,6,8-9,11H2,1H3,(H,32,36)(H,33,37)/t13-,14+,15-,17+,22-/m1/s1. The molecule has 8 nitrogen and oxygen atoms in total. The van der Waals surface area contributed by atoms with Gasteiger partial charge in [-0.05, 0) is 55.7 Å². The Hall–Kier alpha value is -3.26. The third kappa shape index (κ3) is 4.70. The number of nitrogens with zero attached hydrogens (tertiary/aromatic N) is 2. The monoisotopic (exact) mass is 549 g/mol. The molecule has 1 aliphatic carbocycles. The first-order valence-electron chi connectivity index (χ1n) is 12.6. The minimum atomic E-state index is -2.97. The summed E-state index contributed by atoms with van der Waals surface area (Å²) in [5, 5.41) is 15.3. The van der Waals surface area contributed by atoms with Gasteiger partial charge in [0.2, 0.25) is 17.7 Å². The van der Waals surface area contributed by atoms with Crippen LogP contribution in [0.4, 0.5) is 13.2 Å². The second-order valence-electron chi connectivity index (χ2n) is 10.6. The molecule has 2 aliphatic heterocycles. The molecule has 12 heteroatoms. The second kappa shape index (κ2) is 9.80. The molecule has 38 heavy (non-hydrogen) atoms. The first-order valence-corrected chi connectivity index (χ1v) is 13.0. The summed E-state index contributed by atoms with van der Waals surface area (Å²) in [4.78, 5) is 43.3. The van der Waals surface area contributed by atoms with Crippen molar-refractivity contribution in [1.82, 2.24) is 20.5 Å². The number of amides is 3. The molecule has 5 rings (SSSR count). The molecule has 0 bridgehead atoms. The van der Waals surface area contributed by atoms with Crippen molar-refractivity contribution < 1.29 is 27.6 Å². The molecule has 3 N–H and O–H groups in total. The van der Waals surface area contributed by atoms with Crippen LogP contribution in [-0.4, -0.2) is 58.7 Å². The van der Waals surface area contributed by atoms with Crippen LogP contribution in [0.1, 0.15) is 48.2 Å². The van der Waals surface area contributed by atoms with Crippen LogP contribution < -0.4 is 10.6 Å². The summed E-state index contributed by atoms with van der Waals surface area (Å²) in [7, 11) is 0. The van der Waals surface area contributed by atoms with Gasteiger partial charge in [0.1, 0.15) is 23.6 Å². The number of nitrogens with one attached hydrogen (secondary N) is 3. The Morgan fingerprint density at radius 2 is 2.11 bits per heavy atom. The van der Waals surface area contributed by atoms with E-state index in [1.165, 1.54) is 17.0 Å². The van der Waals surface area contributed by atoms with Gasteiger partial charge >= 0.3 is 0 Å². The summed E-state index contributed by atoms with van der Waals surface area (Å²) in [6.45, 7) is 2.10. The van der Waals surface area contributed by atoms with E-state index in [1.807, 2.05) is 6.07 Å². The molecule has 0 unspecified atom stereocenters. The maximum Gasteiger partial charge on any atom is 0.271 e. The van der Waals surface area contributed by atoms with Crippen LogP contribution in [0.25, 0.3) is 10.9 Å². The summed E-state index contributed by atoms with van der Waals surface area (Å²) < 4.78 is 43.2. The average molecular weight is 550 g/mol. The van der Waals surface area contributed by atoms with E-state index >= 15 is 0 Å². The van der Waals surface area contributed by atoms with Crippen LogP contribution >= 0.6 is 11.6 Å². The number of halogens is 4. The number of hydrogen-bond donors (Lipinski definition) is 3. The zero-order valence-corrected chi connectivity index (χ0v) is 21.4. The summed E-state index contributed by atoms with van der Waals surface area (Å²) in [6, 6.07) is 2.26. The fraction of sp³-hybridized carbons (Fsp3) is 0.538. The Morgan fingerprint density at radius 1 is 1.34 bits per heavy atom. The number of H-pyrrole nitrogens is 1. The number of aromatic nitrogens is 1. The Labute approximate surface area is 221 Å². The van der Waals surface area contributed by atoms with Crippen molar-refractivity contribution in [2.24, 2.45) is 17.8 Å². The van der Waals surface area contributed by atoms with Gasteiger partial charge in [-0.3, -0.25) is 14.4 Å². The Morgan fingerprint density at radius 3 is 2.82 bits per heavy atom. The highest BCUT2D eigenvalue weighted by atomic mass is 35.5. The van der Waals surface area contributed by atoms with Gasteiger partial charge in [0.25, 0.3) is 5.91 Å². The van der Waals surface area contributed by atoms with Crippen molar-refractivity contribution in [2.75, 3.05) is 13.1 Å². The van der Waals surface area contributed by atoms with Gasteiger partial charge in [-0.15, -0.1) is 0 Å². The van der Waals surface area contributed by atoms with Gasteiger partial charge in [-0.25, -0.2) is 13.2 Å². The third-order valence-electron chi connectivity index (χ3n) is 8.01. The zero-order chi connectivity index (χ0) is 27.4. The maximum absolute atomic E-state index is 14.6. The van der Waals surface area contributed by atoms with Crippen LogP contribution in [0.3, 0.4) is 0 Å². The molecule has 3 heterocycles. The van der Waals surface area contributed by atoms with E-state index in [9.17, 15) is 32.8 Å². The lowest BCUT2D eigenvalue weighted by Crippen LogP contribution is -2.52. The van der Waals surface area contributed by atoms with Crippen LogP contribution in [0.5, 0.6) is 0 Å². The summed E-state index contributed by atoms with van der Waals surface area (Å²) >= 11 is 6.30. The van der Waals surface area contributed by atoms with Crippen LogP contribution in [-0.2, 0) is 9.59 Å². The minimum Gasteiger partial charge on any atom is -0.356 e. The summed E-state index contributed by atoms with van der Waals surface area (Å²) in [6.07, 6.45) is 0.387. The van der Waals surface area contributed by atoms with Gasteiger partial charge in [0.05, 0.1) is 16.6 Å². The van der Waals surface area contributed by atoms with E-state index in [2.05, 4.69) is 15.6 Å². The van der Waals surface area contributed by atoms with Crippen LogP contribution in [0.15, 0.2) is 12.1 Å². The molecule has 202 valence electrons. The lowest BCUT2D eigenvalue weighted by atomic mass is 9.90. The topological polar surface area (TPSA) is 118 Å². The highest BCUT2D eigenvalue weighted by Gasteiger charge is 2.58. The number of fused-ring (bicyclic) bond motifs is 2. The summed E-state index contributed by atoms with van der Waals surface area (Å²) in [5.41, 5.74) is 0.684. The molecular formula is C26H27ClF3N5O3. The van der Waals surface area contributed by atoms with Crippen molar-refractivity contribution in [2.45, 2.75) is 57.0 Å². The predicted molar refractivity (Wildman–Crippen MR) is 132 cm³/mol. The van der Waals surface area contributed by atoms with Gasteiger partial charge < -0.3 is 20.5 Å². The molecule has 2 saturated heterocycles. The quantitative estimate of drug-likeness (QED) is 0.527. The zero-order valence-electron chi connectivity index (χ0n) is 20.6. The largest absolute Gasteiger partial charge is 0.356 e. The fourth-order valence-corrected chi connectivity index (χ4v) is 6.41. The van der Waals surface area contributed by atoms with E-state index in [1.54, 1.807) is 6.92 Å². The van der Waals surface area contributed by atoms with E-state index in [-0.39, 0.29) is 40.5 Å². The number of hydrogen-bond acceptors (Lipinski definition) is 4. The molecule has 0 radical (unpaired) electrons. The van der Waals surface area contributed by atoms with E-state index in [0.717, 1.165) is 6.42 Å². The number of likely N-dealkylation sites (tertiary alicyclic amines) is 1. The minimum absolute atomic E-state index is 0.0216. The number of carbonyl (C=O) groups is 3. The van der Waals surface area contributed by atoms with E-state index in [4.69, 9.17) is 11.6 Å². The van der Waals surface area contributed by atoms with Gasteiger partial charge in [-0.2, -0.15) is 5.26 Å². The molecule has 1 aromatic carbocycles. The molecular weight excluding hydrogens is 523 g/mol. The number of aryl methyl sites for hydroxylation is 1. The lowest BCUT2D eigenvalue weighted by Gasteiger charge is -2.29. The highest BCUT2D eigenvalue weighted by molar-refractivity contribution is 6.36. The molecule has 3 aliphatic rings. The van der Waals surface area contributed by atoms with Crippen LogP contribution in [0.2, 0.25) is 5.02 Å². The number of alkyl halides is 2. The predicted octanol–water partition coefficient (Wildman–Crippen LogP) is 3.68. The van der Waals surface area contributed by atoms with E-state index in [0.29, 0.717) is 18.5 Å². The maximum atomic E-state index is 14.6. The normalized spacial score (nSPS) is 27.1. The highest BCUT2D eigenvalue weighted by Crippen LogP contribution is 2.50. The number of benzene rings is 1. The first kappa shape index (κ1) is 26.4.